The molecule has 0 aliphatic carbocycles. The molecule has 196 valence electrons. The minimum absolute atomic E-state index is 0.438. The maximum Gasteiger partial charge on any atom is 0.326 e. The van der Waals surface area contributed by atoms with Crippen LogP contribution in [0.15, 0.2) is 121 Å². The summed E-state index contributed by atoms with van der Waals surface area (Å²) < 4.78 is -0.481. The number of carbonyl (C=O) groups is 1. The van der Waals surface area contributed by atoms with Crippen LogP contribution in [0.25, 0.3) is 11.3 Å². The highest BCUT2D eigenvalue weighted by Gasteiger charge is 2.37. The molecule has 0 spiro atoms. The molecule has 1 atom stereocenters. The van der Waals surface area contributed by atoms with Gasteiger partial charge in [-0.25, -0.2) is 9.78 Å². The molecule has 5 rings (SSSR count). The lowest BCUT2D eigenvalue weighted by molar-refractivity contribution is -0.137. The van der Waals surface area contributed by atoms with E-state index in [2.05, 4.69) is 78.1 Å². The Bertz CT molecular complexity index is 1390. The molecule has 1 heterocycles. The number of thioether (sulfide) groups is 1. The van der Waals surface area contributed by atoms with Crippen molar-refractivity contribution < 1.29 is 9.90 Å². The predicted molar refractivity (Wildman–Crippen MR) is 164 cm³/mol. The molecule has 0 aliphatic rings. The number of nitrogens with zero attached hydrogens (tertiary/aromatic N) is 1. The van der Waals surface area contributed by atoms with Gasteiger partial charge in [-0.15, -0.1) is 23.1 Å². The van der Waals surface area contributed by atoms with E-state index in [1.165, 1.54) is 11.3 Å². The largest absolute Gasteiger partial charge is 0.480 e. The summed E-state index contributed by atoms with van der Waals surface area (Å²) in [5.74, 6) is -0.257. The molecule has 0 fully saturated rings. The summed E-state index contributed by atoms with van der Waals surface area (Å²) in [7, 11) is 0. The Hall–Kier alpha value is -3.87. The molecular weight excluding hydrogens is 521 g/mol. The van der Waals surface area contributed by atoms with Gasteiger partial charge in [0.15, 0.2) is 5.13 Å². The Kier molecular flexibility index (Phi) is 8.45. The van der Waals surface area contributed by atoms with Gasteiger partial charge in [0, 0.05) is 10.4 Å². The molecule has 2 N–H and O–H groups in total. The van der Waals surface area contributed by atoms with Crippen molar-refractivity contribution in [2.24, 2.45) is 0 Å². The predicted octanol–water partition coefficient (Wildman–Crippen LogP) is 8.10. The molecule has 0 aliphatic heterocycles. The second kappa shape index (κ2) is 12.3. The van der Waals surface area contributed by atoms with Crippen LogP contribution >= 0.6 is 23.1 Å². The summed E-state index contributed by atoms with van der Waals surface area (Å²) in [5, 5.41) is 14.0. The summed E-state index contributed by atoms with van der Waals surface area (Å²) >= 11 is 3.26. The minimum Gasteiger partial charge on any atom is -0.480 e. The first-order valence-electron chi connectivity index (χ1n) is 12.9. The molecule has 6 heteroatoms. The van der Waals surface area contributed by atoms with Gasteiger partial charge >= 0.3 is 5.97 Å². The first-order valence-corrected chi connectivity index (χ1v) is 14.7. The van der Waals surface area contributed by atoms with Crippen LogP contribution < -0.4 is 5.32 Å². The number of anilines is 1. The standard InChI is InChI=1S/C33H30N2O2S2/c1-24-30(25-14-6-2-7-15-25)35-32(39-24)34-29(31(36)37)22-23-38-33(26-16-8-3-9-17-26,27-18-10-4-11-19-27)28-20-12-5-13-21-28/h2-21,29H,22-23H2,1H3,(H,34,35)(H,36,37)/t29-/m0/s1. The molecule has 39 heavy (non-hydrogen) atoms. The van der Waals surface area contributed by atoms with E-state index in [-0.39, 0.29) is 0 Å². The highest BCUT2D eigenvalue weighted by Crippen LogP contribution is 2.48. The van der Waals surface area contributed by atoms with E-state index in [4.69, 9.17) is 4.98 Å². The third-order valence-corrected chi connectivity index (χ3v) is 9.19. The number of hydrogen-bond donors (Lipinski definition) is 2. The molecule has 0 amide bonds. The molecule has 0 radical (unpaired) electrons. The molecule has 0 saturated heterocycles. The highest BCUT2D eigenvalue weighted by atomic mass is 32.2. The zero-order valence-electron chi connectivity index (χ0n) is 21.7. The Morgan fingerprint density at radius 1 is 0.821 bits per heavy atom. The number of nitrogens with one attached hydrogen (secondary N) is 1. The van der Waals surface area contributed by atoms with E-state index in [9.17, 15) is 9.90 Å². The minimum atomic E-state index is -0.880. The van der Waals surface area contributed by atoms with E-state index in [0.717, 1.165) is 32.8 Å². The molecule has 0 saturated carbocycles. The summed E-state index contributed by atoms with van der Waals surface area (Å²) in [5.41, 5.74) is 5.40. The second-order valence-electron chi connectivity index (χ2n) is 9.24. The summed E-state index contributed by atoms with van der Waals surface area (Å²) in [6.07, 6.45) is 0.438. The van der Waals surface area contributed by atoms with Crippen molar-refractivity contribution in [3.63, 3.8) is 0 Å². The number of aromatic nitrogens is 1. The van der Waals surface area contributed by atoms with Crippen molar-refractivity contribution in [2.75, 3.05) is 11.1 Å². The fourth-order valence-corrected chi connectivity index (χ4v) is 7.28. The Morgan fingerprint density at radius 3 is 1.74 bits per heavy atom. The molecule has 5 aromatic rings. The van der Waals surface area contributed by atoms with Crippen LogP contribution in [0.5, 0.6) is 0 Å². The van der Waals surface area contributed by atoms with E-state index in [0.29, 0.717) is 17.3 Å². The van der Waals surface area contributed by atoms with Crippen LogP contribution in [0.3, 0.4) is 0 Å². The fraction of sp³-hybridized carbons (Fsp3) is 0.152. The number of aliphatic carboxylic acids is 1. The van der Waals surface area contributed by atoms with Crippen LogP contribution in [0, 0.1) is 6.92 Å². The van der Waals surface area contributed by atoms with Gasteiger partial charge in [0.2, 0.25) is 0 Å². The third kappa shape index (κ3) is 5.92. The number of rotatable bonds is 11. The van der Waals surface area contributed by atoms with Crippen LogP contribution in [0.4, 0.5) is 5.13 Å². The zero-order valence-corrected chi connectivity index (χ0v) is 23.3. The Morgan fingerprint density at radius 2 is 1.28 bits per heavy atom. The lowest BCUT2D eigenvalue weighted by Gasteiger charge is -2.35. The van der Waals surface area contributed by atoms with Gasteiger partial charge in [-0.2, -0.15) is 0 Å². The van der Waals surface area contributed by atoms with E-state index < -0.39 is 16.8 Å². The van der Waals surface area contributed by atoms with Gasteiger partial charge in [0.25, 0.3) is 0 Å². The third-order valence-electron chi connectivity index (χ3n) is 6.71. The van der Waals surface area contributed by atoms with E-state index in [1.54, 1.807) is 11.8 Å². The first-order chi connectivity index (χ1) is 19.1. The van der Waals surface area contributed by atoms with Crippen molar-refractivity contribution in [3.8, 4) is 11.3 Å². The van der Waals surface area contributed by atoms with Gasteiger partial charge in [-0.05, 0) is 35.8 Å². The van der Waals surface area contributed by atoms with Crippen molar-refractivity contribution >= 4 is 34.2 Å². The van der Waals surface area contributed by atoms with Gasteiger partial charge in [-0.3, -0.25) is 0 Å². The van der Waals surface area contributed by atoms with Gasteiger partial charge in [0.1, 0.15) is 6.04 Å². The van der Waals surface area contributed by atoms with Crippen molar-refractivity contribution in [1.29, 1.82) is 0 Å². The summed E-state index contributed by atoms with van der Waals surface area (Å²) in [4.78, 5) is 18.1. The number of carboxylic acid groups (broad SMARTS) is 1. The van der Waals surface area contributed by atoms with Crippen LogP contribution in [0.1, 0.15) is 28.0 Å². The van der Waals surface area contributed by atoms with Gasteiger partial charge in [-0.1, -0.05) is 121 Å². The number of aryl methyl sites for hydroxylation is 1. The monoisotopic (exact) mass is 550 g/mol. The average Bonchev–Trinajstić information content (AvgIpc) is 3.36. The molecular formula is C33H30N2O2S2. The number of carboxylic acids is 1. The van der Waals surface area contributed by atoms with Crippen LogP contribution in [0.2, 0.25) is 0 Å². The van der Waals surface area contributed by atoms with Crippen molar-refractivity contribution in [1.82, 2.24) is 4.98 Å². The topological polar surface area (TPSA) is 62.2 Å². The average molecular weight is 551 g/mol. The van der Waals surface area contributed by atoms with Gasteiger partial charge < -0.3 is 10.4 Å². The summed E-state index contributed by atoms with van der Waals surface area (Å²) in [6.45, 7) is 2.02. The SMILES string of the molecule is Cc1sc(N[C@@H](CCSC(c2ccccc2)(c2ccccc2)c2ccccc2)C(=O)O)nc1-c1ccccc1. The molecule has 4 aromatic carbocycles. The van der Waals surface area contributed by atoms with Crippen LogP contribution in [-0.4, -0.2) is 27.9 Å². The van der Waals surface area contributed by atoms with Crippen molar-refractivity contribution in [2.45, 2.75) is 24.1 Å². The number of hydrogen-bond acceptors (Lipinski definition) is 5. The fourth-order valence-electron chi connectivity index (χ4n) is 4.83. The smallest absolute Gasteiger partial charge is 0.326 e. The quantitative estimate of drug-likeness (QED) is 0.163. The lowest BCUT2D eigenvalue weighted by atomic mass is 9.84. The maximum atomic E-state index is 12.3. The highest BCUT2D eigenvalue weighted by molar-refractivity contribution is 8.00. The normalized spacial score (nSPS) is 12.1. The molecule has 0 bridgehead atoms. The first kappa shape index (κ1) is 26.7. The maximum absolute atomic E-state index is 12.3. The molecule has 4 nitrogen and oxygen atoms in total. The van der Waals surface area contributed by atoms with Gasteiger partial charge in [0.05, 0.1) is 10.4 Å². The van der Waals surface area contributed by atoms with E-state index >= 15 is 0 Å². The molecule has 0 unspecified atom stereocenters. The Balaban J connectivity index is 1.42. The summed E-state index contributed by atoms with van der Waals surface area (Å²) in [6, 6.07) is 40.6. The van der Waals surface area contributed by atoms with E-state index in [1.807, 2.05) is 55.5 Å². The lowest BCUT2D eigenvalue weighted by Crippen LogP contribution is -2.31. The Labute approximate surface area is 237 Å². The van der Waals surface area contributed by atoms with Crippen molar-refractivity contribution in [3.05, 3.63) is 143 Å². The number of thiazole rings is 1. The van der Waals surface area contributed by atoms with Crippen LogP contribution in [-0.2, 0) is 9.54 Å². The second-order valence-corrected chi connectivity index (χ2v) is 11.8. The molecule has 1 aromatic heterocycles. The zero-order chi connectivity index (χ0) is 27.1. The number of benzene rings is 4.